The molecule has 2 rings (SSSR count). The molecule has 116 valence electrons. The first kappa shape index (κ1) is 16.3. The van der Waals surface area contributed by atoms with Crippen LogP contribution in [0.1, 0.15) is 30.9 Å². The molecule has 3 nitrogen and oxygen atoms in total. The van der Waals surface area contributed by atoms with Crippen molar-refractivity contribution in [3.8, 4) is 11.5 Å². The molecule has 0 saturated heterocycles. The van der Waals surface area contributed by atoms with E-state index in [2.05, 4.69) is 19.9 Å². The number of benzene rings is 2. The first-order chi connectivity index (χ1) is 10.6. The Hall–Kier alpha value is -2.07. The number of para-hydroxylation sites is 2. The van der Waals surface area contributed by atoms with E-state index in [0.717, 1.165) is 11.3 Å². The summed E-state index contributed by atoms with van der Waals surface area (Å²) in [5.74, 6) is 2.02. The molecule has 22 heavy (non-hydrogen) atoms. The summed E-state index contributed by atoms with van der Waals surface area (Å²) in [6.07, 6.45) is 0. The van der Waals surface area contributed by atoms with Crippen LogP contribution in [0.25, 0.3) is 0 Å². The summed E-state index contributed by atoms with van der Waals surface area (Å²) >= 11 is 5.02. The molecule has 2 N–H and O–H groups in total. The molecule has 0 heterocycles. The third kappa shape index (κ3) is 4.21. The number of ether oxygens (including phenoxy) is 2. The summed E-state index contributed by atoms with van der Waals surface area (Å²) in [6.45, 7) is 5.20. The first-order valence-corrected chi connectivity index (χ1v) is 7.73. The summed E-state index contributed by atoms with van der Waals surface area (Å²) in [7, 11) is 0. The SMILES string of the molecule is CC(C)c1ccccc1OCCOc1ccccc1C(N)=S. The van der Waals surface area contributed by atoms with Crippen molar-refractivity contribution in [2.24, 2.45) is 5.73 Å². The van der Waals surface area contributed by atoms with E-state index < -0.39 is 0 Å². The lowest BCUT2D eigenvalue weighted by Crippen LogP contribution is -2.14. The van der Waals surface area contributed by atoms with Crippen LogP contribution in [0.3, 0.4) is 0 Å². The van der Waals surface area contributed by atoms with E-state index in [1.54, 1.807) is 0 Å². The second kappa shape index (κ2) is 7.80. The van der Waals surface area contributed by atoms with Gasteiger partial charge in [-0.1, -0.05) is 56.4 Å². The minimum absolute atomic E-state index is 0.335. The van der Waals surface area contributed by atoms with E-state index in [4.69, 9.17) is 27.4 Å². The van der Waals surface area contributed by atoms with Crippen LogP contribution in [0.15, 0.2) is 48.5 Å². The van der Waals surface area contributed by atoms with Gasteiger partial charge in [0.1, 0.15) is 29.7 Å². The summed E-state index contributed by atoms with van der Waals surface area (Å²) in [6, 6.07) is 15.6. The van der Waals surface area contributed by atoms with Gasteiger partial charge < -0.3 is 15.2 Å². The maximum absolute atomic E-state index is 5.83. The van der Waals surface area contributed by atoms with Crippen molar-refractivity contribution >= 4 is 17.2 Å². The Balaban J connectivity index is 1.92. The summed E-state index contributed by atoms with van der Waals surface area (Å²) in [5, 5.41) is 0. The van der Waals surface area contributed by atoms with Crippen LogP contribution in [0.5, 0.6) is 11.5 Å². The normalized spacial score (nSPS) is 10.5. The van der Waals surface area contributed by atoms with Crippen molar-refractivity contribution in [1.82, 2.24) is 0 Å². The van der Waals surface area contributed by atoms with Crippen molar-refractivity contribution in [1.29, 1.82) is 0 Å². The number of rotatable bonds is 7. The lowest BCUT2D eigenvalue weighted by atomic mass is 10.0. The molecule has 2 aromatic rings. The Morgan fingerprint density at radius 1 is 0.955 bits per heavy atom. The fourth-order valence-corrected chi connectivity index (χ4v) is 2.36. The average Bonchev–Trinajstić information content (AvgIpc) is 2.52. The van der Waals surface area contributed by atoms with Crippen LogP contribution < -0.4 is 15.2 Å². The number of nitrogens with two attached hydrogens (primary N) is 1. The van der Waals surface area contributed by atoms with Gasteiger partial charge in [0, 0.05) is 0 Å². The molecular weight excluding hydrogens is 294 g/mol. The van der Waals surface area contributed by atoms with E-state index in [-0.39, 0.29) is 0 Å². The number of thiocarbonyl (C=S) groups is 1. The largest absolute Gasteiger partial charge is 0.490 e. The molecule has 0 atom stereocenters. The van der Waals surface area contributed by atoms with E-state index in [9.17, 15) is 0 Å². The van der Waals surface area contributed by atoms with Crippen LogP contribution in [0, 0.1) is 0 Å². The fourth-order valence-electron chi connectivity index (χ4n) is 2.19. The van der Waals surface area contributed by atoms with Crippen molar-refractivity contribution < 1.29 is 9.47 Å². The Kier molecular flexibility index (Phi) is 5.78. The molecule has 0 aliphatic carbocycles. The quantitative estimate of drug-likeness (QED) is 0.621. The van der Waals surface area contributed by atoms with E-state index >= 15 is 0 Å². The Morgan fingerprint density at radius 2 is 1.50 bits per heavy atom. The molecule has 0 radical (unpaired) electrons. The van der Waals surface area contributed by atoms with Crippen LogP contribution >= 0.6 is 12.2 Å². The number of hydrogen-bond acceptors (Lipinski definition) is 3. The van der Waals surface area contributed by atoms with Crippen molar-refractivity contribution in [3.05, 3.63) is 59.7 Å². The Labute approximate surface area is 137 Å². The highest BCUT2D eigenvalue weighted by Crippen LogP contribution is 2.25. The zero-order valence-corrected chi connectivity index (χ0v) is 13.7. The van der Waals surface area contributed by atoms with Crippen LogP contribution in [-0.4, -0.2) is 18.2 Å². The molecule has 0 saturated carbocycles. The molecule has 0 unspecified atom stereocenters. The minimum Gasteiger partial charge on any atom is -0.490 e. The second-order valence-corrected chi connectivity index (χ2v) is 5.69. The van der Waals surface area contributed by atoms with Gasteiger partial charge in [0.05, 0.1) is 5.56 Å². The topological polar surface area (TPSA) is 44.5 Å². The maximum Gasteiger partial charge on any atom is 0.129 e. The van der Waals surface area contributed by atoms with Gasteiger partial charge in [-0.15, -0.1) is 0 Å². The smallest absolute Gasteiger partial charge is 0.129 e. The van der Waals surface area contributed by atoms with E-state index in [1.165, 1.54) is 5.56 Å². The van der Waals surface area contributed by atoms with Crippen molar-refractivity contribution in [2.75, 3.05) is 13.2 Å². The molecular formula is C18H21NO2S. The monoisotopic (exact) mass is 315 g/mol. The highest BCUT2D eigenvalue weighted by Gasteiger charge is 2.08. The summed E-state index contributed by atoms with van der Waals surface area (Å²) in [4.78, 5) is 0.335. The maximum atomic E-state index is 5.83. The average molecular weight is 315 g/mol. The van der Waals surface area contributed by atoms with Gasteiger partial charge in [-0.25, -0.2) is 0 Å². The summed E-state index contributed by atoms with van der Waals surface area (Å²) in [5.41, 5.74) is 7.63. The highest BCUT2D eigenvalue weighted by molar-refractivity contribution is 7.80. The minimum atomic E-state index is 0.335. The Bertz CT molecular complexity index is 640. The zero-order chi connectivity index (χ0) is 15.9. The van der Waals surface area contributed by atoms with Gasteiger partial charge in [0.25, 0.3) is 0 Å². The predicted molar refractivity (Wildman–Crippen MR) is 93.9 cm³/mol. The van der Waals surface area contributed by atoms with Gasteiger partial charge in [-0.05, 0) is 29.7 Å². The van der Waals surface area contributed by atoms with Crippen molar-refractivity contribution in [3.63, 3.8) is 0 Å². The Morgan fingerprint density at radius 3 is 2.14 bits per heavy atom. The third-order valence-corrected chi connectivity index (χ3v) is 3.51. The first-order valence-electron chi connectivity index (χ1n) is 7.33. The fraction of sp³-hybridized carbons (Fsp3) is 0.278. The zero-order valence-electron chi connectivity index (χ0n) is 12.9. The van der Waals surface area contributed by atoms with Crippen LogP contribution in [0.2, 0.25) is 0 Å². The van der Waals surface area contributed by atoms with Gasteiger partial charge in [-0.2, -0.15) is 0 Å². The molecule has 4 heteroatoms. The van der Waals surface area contributed by atoms with Crippen LogP contribution in [-0.2, 0) is 0 Å². The second-order valence-electron chi connectivity index (χ2n) is 5.25. The molecule has 0 aliphatic rings. The molecule has 0 bridgehead atoms. The molecule has 0 aromatic heterocycles. The molecule has 0 aliphatic heterocycles. The molecule has 0 amide bonds. The highest BCUT2D eigenvalue weighted by atomic mass is 32.1. The molecule has 2 aromatic carbocycles. The van der Waals surface area contributed by atoms with E-state index in [1.807, 2.05) is 42.5 Å². The van der Waals surface area contributed by atoms with Crippen LogP contribution in [0.4, 0.5) is 0 Å². The standard InChI is InChI=1S/C18H21NO2S/c1-13(2)14-7-3-5-9-16(14)20-11-12-21-17-10-6-4-8-15(17)18(19)22/h3-10,13H,11-12H2,1-2H3,(H2,19,22). The molecule has 0 fully saturated rings. The van der Waals surface area contributed by atoms with Gasteiger partial charge in [-0.3, -0.25) is 0 Å². The van der Waals surface area contributed by atoms with Crippen molar-refractivity contribution in [2.45, 2.75) is 19.8 Å². The third-order valence-electron chi connectivity index (χ3n) is 3.29. The van der Waals surface area contributed by atoms with Gasteiger partial charge in [0.15, 0.2) is 0 Å². The van der Waals surface area contributed by atoms with E-state index in [0.29, 0.717) is 29.9 Å². The van der Waals surface area contributed by atoms with Gasteiger partial charge >= 0.3 is 0 Å². The lowest BCUT2D eigenvalue weighted by molar-refractivity contribution is 0.215. The predicted octanol–water partition coefficient (Wildman–Crippen LogP) is 3.90. The number of hydrogen-bond donors (Lipinski definition) is 1. The summed E-state index contributed by atoms with van der Waals surface area (Å²) < 4.78 is 11.6. The van der Waals surface area contributed by atoms with Gasteiger partial charge in [0.2, 0.25) is 0 Å². The lowest BCUT2D eigenvalue weighted by Gasteiger charge is -2.15. The molecule has 0 spiro atoms.